The first kappa shape index (κ1) is 23.0. The molecule has 3 rings (SSSR count). The molecule has 1 aromatic rings. The van der Waals surface area contributed by atoms with Crippen molar-refractivity contribution in [3.05, 3.63) is 35.9 Å². The number of nitrogens with one attached hydrogen (secondary N) is 1. The topological polar surface area (TPSA) is 98.9 Å². The second kappa shape index (κ2) is 8.22. The molecule has 2 bridgehead atoms. The number of hydrogen-bond acceptors (Lipinski definition) is 5. The number of quaternary nitrogens is 1. The lowest BCUT2D eigenvalue weighted by atomic mass is 9.70. The lowest BCUT2D eigenvalue weighted by molar-refractivity contribution is -0.888. The molecule has 1 aromatic carbocycles. The van der Waals surface area contributed by atoms with Gasteiger partial charge in [-0.2, -0.15) is 0 Å². The Morgan fingerprint density at radius 1 is 1.25 bits per heavy atom. The molecule has 2 saturated carbocycles. The highest BCUT2D eigenvalue weighted by Gasteiger charge is 2.64. The number of rotatable bonds is 5. The summed E-state index contributed by atoms with van der Waals surface area (Å²) in [4.78, 5) is 13.1. The highest BCUT2D eigenvalue weighted by molar-refractivity contribution is 7.85. The summed E-state index contributed by atoms with van der Waals surface area (Å²) >= 11 is 0. The summed E-state index contributed by atoms with van der Waals surface area (Å²) in [5.41, 5.74) is -0.226. The molecule has 2 N–H and O–H groups in total. The van der Waals surface area contributed by atoms with Crippen LogP contribution in [0.4, 0.5) is 0 Å². The normalized spacial score (nSPS) is 28.0. The molecule has 0 heterocycles. The van der Waals surface area contributed by atoms with Crippen molar-refractivity contribution in [1.29, 1.82) is 0 Å². The van der Waals surface area contributed by atoms with Gasteiger partial charge in [0.1, 0.15) is 17.9 Å². The van der Waals surface area contributed by atoms with Gasteiger partial charge in [0.15, 0.2) is 0 Å². The van der Waals surface area contributed by atoms with Crippen LogP contribution < -0.4 is 4.90 Å². The molecule has 7 heteroatoms. The number of fused-ring (bicyclic) bond motifs is 2. The minimum atomic E-state index is -4.33. The summed E-state index contributed by atoms with van der Waals surface area (Å²) in [5, 5.41) is 9.94. The number of aliphatic hydroxyl groups excluding tert-OH is 1. The van der Waals surface area contributed by atoms with Gasteiger partial charge in [0.2, 0.25) is 0 Å². The summed E-state index contributed by atoms with van der Waals surface area (Å²) in [6.45, 7) is 5.88. The average Bonchev–Trinajstić information content (AvgIpc) is 2.94. The molecule has 0 aliphatic heterocycles. The van der Waals surface area contributed by atoms with Gasteiger partial charge >= 0.3 is 0 Å². The number of benzene rings is 1. The van der Waals surface area contributed by atoms with E-state index in [4.69, 9.17) is 0 Å². The minimum absolute atomic E-state index is 0.0248. The SMILES string of the molecule is CC1(C)C2CCC1(CS(=O)(=O)[O-])C(=O)C2.C[C@@H]([C@H](O)c1ccccc1)[NH+](C)C. The van der Waals surface area contributed by atoms with Crippen molar-refractivity contribution in [3.8, 4) is 0 Å². The van der Waals surface area contributed by atoms with Crippen LogP contribution in [0.25, 0.3) is 0 Å². The molecule has 2 aliphatic carbocycles. The lowest BCUT2D eigenvalue weighted by Gasteiger charge is -2.37. The molecular weight excluding hydrogens is 378 g/mol. The second-order valence-electron chi connectivity index (χ2n) is 9.09. The van der Waals surface area contributed by atoms with Crippen LogP contribution in [0, 0.1) is 16.7 Å². The quantitative estimate of drug-likeness (QED) is 0.709. The summed E-state index contributed by atoms with van der Waals surface area (Å²) in [6, 6.07) is 10.0. The van der Waals surface area contributed by atoms with E-state index >= 15 is 0 Å². The lowest BCUT2D eigenvalue weighted by Crippen LogP contribution is -3.10. The number of carbonyl (C=O) groups is 1. The Morgan fingerprint density at radius 2 is 1.82 bits per heavy atom. The molecule has 2 unspecified atom stereocenters. The van der Waals surface area contributed by atoms with Crippen molar-refractivity contribution in [2.45, 2.75) is 52.2 Å². The second-order valence-corrected chi connectivity index (χ2v) is 10.5. The van der Waals surface area contributed by atoms with Crippen LogP contribution in [-0.2, 0) is 14.9 Å². The van der Waals surface area contributed by atoms with Crippen LogP contribution in [0.5, 0.6) is 0 Å². The minimum Gasteiger partial charge on any atom is -0.748 e. The molecule has 0 spiro atoms. The van der Waals surface area contributed by atoms with Crippen molar-refractivity contribution < 1.29 is 27.8 Å². The average molecular weight is 412 g/mol. The van der Waals surface area contributed by atoms with Crippen LogP contribution in [0.1, 0.15) is 51.7 Å². The van der Waals surface area contributed by atoms with Crippen molar-refractivity contribution in [2.24, 2.45) is 16.7 Å². The Bertz CT molecular complexity index is 790. The fourth-order valence-electron chi connectivity index (χ4n) is 4.66. The van der Waals surface area contributed by atoms with Crippen LogP contribution in [-0.4, -0.2) is 49.8 Å². The van der Waals surface area contributed by atoms with Crippen LogP contribution in [0.2, 0.25) is 0 Å². The van der Waals surface area contributed by atoms with Gasteiger partial charge < -0.3 is 14.6 Å². The molecule has 2 aliphatic rings. The molecule has 0 aromatic heterocycles. The highest BCUT2D eigenvalue weighted by atomic mass is 32.2. The van der Waals surface area contributed by atoms with Crippen LogP contribution >= 0.6 is 0 Å². The molecule has 0 radical (unpaired) electrons. The van der Waals surface area contributed by atoms with Gasteiger partial charge in [0.05, 0.1) is 30.0 Å². The van der Waals surface area contributed by atoms with Gasteiger partial charge in [-0.1, -0.05) is 44.2 Å². The highest BCUT2D eigenvalue weighted by Crippen LogP contribution is 2.64. The number of Topliss-reactive ketones (excluding diaryl/α,β-unsaturated/α-hetero) is 1. The van der Waals surface area contributed by atoms with E-state index in [1.165, 1.54) is 4.90 Å². The van der Waals surface area contributed by atoms with E-state index in [-0.39, 0.29) is 29.3 Å². The third kappa shape index (κ3) is 4.48. The van der Waals surface area contributed by atoms with Crippen molar-refractivity contribution in [1.82, 2.24) is 0 Å². The van der Waals surface area contributed by atoms with Crippen molar-refractivity contribution in [2.75, 3.05) is 19.8 Å². The molecule has 2 fully saturated rings. The Balaban J connectivity index is 0.000000203. The molecule has 4 atom stereocenters. The maximum absolute atomic E-state index is 11.8. The van der Waals surface area contributed by atoms with E-state index in [0.29, 0.717) is 12.8 Å². The van der Waals surface area contributed by atoms with E-state index in [1.54, 1.807) is 0 Å². The predicted molar refractivity (Wildman–Crippen MR) is 107 cm³/mol. The zero-order chi connectivity index (χ0) is 21.3. The molecular formula is C21H33NO5S. The number of likely N-dealkylation sites (N-methyl/N-ethyl adjacent to an activating group) is 1. The fourth-order valence-corrected chi connectivity index (χ4v) is 5.95. The van der Waals surface area contributed by atoms with E-state index in [9.17, 15) is 22.9 Å². The zero-order valence-corrected chi connectivity index (χ0v) is 18.3. The molecule has 6 nitrogen and oxygen atoms in total. The van der Waals surface area contributed by atoms with Crippen molar-refractivity contribution >= 4 is 15.9 Å². The standard InChI is InChI=1S/C11H17NO.C10H16O4S/c1-9(12(2)3)11(13)10-7-5-4-6-8-10;1-9(2)7-3-4-10(9,8(11)5-7)6-15(12,13)14/h4-9,11,13H,1-3H3;7H,3-6H2,1-2H3,(H,12,13,14)/t9-,11-;/m0./s1. The third-order valence-electron chi connectivity index (χ3n) is 7.09. The van der Waals surface area contributed by atoms with Gasteiger partial charge in [-0.3, -0.25) is 4.79 Å². The third-order valence-corrected chi connectivity index (χ3v) is 7.93. The van der Waals surface area contributed by atoms with E-state index < -0.39 is 21.3 Å². The largest absolute Gasteiger partial charge is 0.748 e. The molecule has 28 heavy (non-hydrogen) atoms. The van der Waals surface area contributed by atoms with Crippen molar-refractivity contribution in [3.63, 3.8) is 0 Å². The first-order valence-corrected chi connectivity index (χ1v) is 11.4. The summed E-state index contributed by atoms with van der Waals surface area (Å²) < 4.78 is 32.7. The fraction of sp³-hybridized carbons (Fsp3) is 0.667. The summed E-state index contributed by atoms with van der Waals surface area (Å²) in [5.74, 6) is -0.280. The Labute approximate surface area is 168 Å². The number of ketones is 1. The maximum Gasteiger partial charge on any atom is 0.140 e. The summed E-state index contributed by atoms with van der Waals surface area (Å²) in [7, 11) is -0.221. The summed E-state index contributed by atoms with van der Waals surface area (Å²) in [6.07, 6.45) is 1.51. The van der Waals surface area contributed by atoms with Crippen LogP contribution in [0.15, 0.2) is 30.3 Å². The van der Waals surface area contributed by atoms with E-state index in [2.05, 4.69) is 14.1 Å². The Morgan fingerprint density at radius 3 is 2.21 bits per heavy atom. The number of aliphatic hydroxyl groups is 1. The predicted octanol–water partition coefficient (Wildman–Crippen LogP) is 1.18. The maximum atomic E-state index is 11.8. The van der Waals surface area contributed by atoms with Gasteiger partial charge in [-0.15, -0.1) is 0 Å². The first-order chi connectivity index (χ1) is 12.8. The molecule has 0 amide bonds. The monoisotopic (exact) mass is 411 g/mol. The van der Waals surface area contributed by atoms with Gasteiger partial charge in [0, 0.05) is 11.8 Å². The smallest absolute Gasteiger partial charge is 0.140 e. The van der Waals surface area contributed by atoms with E-state index in [1.807, 2.05) is 51.1 Å². The number of carbonyl (C=O) groups excluding carboxylic acids is 1. The van der Waals surface area contributed by atoms with Gasteiger partial charge in [-0.25, -0.2) is 8.42 Å². The van der Waals surface area contributed by atoms with Crippen LogP contribution in [0.3, 0.4) is 0 Å². The Hall–Kier alpha value is -1.28. The Kier molecular flexibility index (Phi) is 6.76. The molecule has 158 valence electrons. The zero-order valence-electron chi connectivity index (χ0n) is 17.4. The van der Waals surface area contributed by atoms with Gasteiger partial charge in [-0.05, 0) is 36.7 Å². The molecule has 0 saturated heterocycles. The first-order valence-electron chi connectivity index (χ1n) is 9.82. The number of hydrogen-bond donors (Lipinski definition) is 2. The van der Waals surface area contributed by atoms with E-state index in [0.717, 1.165) is 12.0 Å². The van der Waals surface area contributed by atoms with Gasteiger partial charge in [0.25, 0.3) is 0 Å².